The third-order valence-electron chi connectivity index (χ3n) is 4.33. The molecule has 0 atom stereocenters. The summed E-state index contributed by atoms with van der Waals surface area (Å²) in [5.74, 6) is 0.915. The van der Waals surface area contributed by atoms with E-state index in [9.17, 15) is 8.42 Å². The fourth-order valence-corrected chi connectivity index (χ4v) is 5.23. The molecule has 1 aliphatic rings. The van der Waals surface area contributed by atoms with E-state index in [2.05, 4.69) is 14.6 Å². The molecule has 2 heterocycles. The van der Waals surface area contributed by atoms with Gasteiger partial charge in [0.2, 0.25) is 16.0 Å². The average molecular weight is 369 g/mol. The Kier molecular flexibility index (Phi) is 4.85. The van der Waals surface area contributed by atoms with Gasteiger partial charge in [0.05, 0.1) is 5.02 Å². The first-order valence-electron chi connectivity index (χ1n) is 7.88. The number of piperidine rings is 1. The number of sulfonamides is 1. The third kappa shape index (κ3) is 3.43. The summed E-state index contributed by atoms with van der Waals surface area (Å²) in [6.45, 7) is 3.28. The van der Waals surface area contributed by atoms with Gasteiger partial charge in [-0.2, -0.15) is 0 Å². The Labute approximate surface area is 147 Å². The van der Waals surface area contributed by atoms with Crippen molar-refractivity contribution in [3.8, 4) is 0 Å². The van der Waals surface area contributed by atoms with Crippen molar-refractivity contribution in [3.05, 3.63) is 41.2 Å². The van der Waals surface area contributed by atoms with E-state index in [-0.39, 0.29) is 16.0 Å². The molecular formula is C16H21ClN4O2S. The maximum atomic E-state index is 12.7. The van der Waals surface area contributed by atoms with E-state index in [0.29, 0.717) is 5.56 Å². The molecule has 1 fully saturated rings. The maximum absolute atomic E-state index is 12.7. The number of halogens is 1. The van der Waals surface area contributed by atoms with Crippen molar-refractivity contribution in [2.75, 3.05) is 18.0 Å². The van der Waals surface area contributed by atoms with E-state index in [1.807, 2.05) is 17.8 Å². The molecule has 0 unspecified atom stereocenters. The fourth-order valence-electron chi connectivity index (χ4n) is 3.10. The highest BCUT2D eigenvalue weighted by Gasteiger charge is 2.28. The van der Waals surface area contributed by atoms with Gasteiger partial charge in [-0.05, 0) is 31.4 Å². The van der Waals surface area contributed by atoms with Crippen LogP contribution < -0.4 is 9.62 Å². The first-order chi connectivity index (χ1) is 11.4. The van der Waals surface area contributed by atoms with Crippen LogP contribution in [0.15, 0.2) is 35.5 Å². The highest BCUT2D eigenvalue weighted by atomic mass is 35.5. The molecule has 1 saturated heterocycles. The van der Waals surface area contributed by atoms with Crippen LogP contribution in [0.3, 0.4) is 0 Å². The summed E-state index contributed by atoms with van der Waals surface area (Å²) < 4.78 is 30.1. The zero-order valence-electron chi connectivity index (χ0n) is 13.7. The summed E-state index contributed by atoms with van der Waals surface area (Å²) in [6, 6.07) is 5.01. The van der Waals surface area contributed by atoms with Crippen LogP contribution >= 0.6 is 11.6 Å². The molecule has 0 aliphatic carbocycles. The number of nitrogens with zero attached hydrogens (tertiary/aromatic N) is 3. The van der Waals surface area contributed by atoms with Crippen molar-refractivity contribution in [3.63, 3.8) is 0 Å². The van der Waals surface area contributed by atoms with Crippen LogP contribution in [-0.2, 0) is 17.1 Å². The standard InChI is InChI=1S/C16H21ClN4O2S/c1-12-4-3-5-14(17)15(12)24(22,23)19-13-6-9-21(10-7-13)16-18-8-11-20(16)2/h3-5,8,11,13,19H,6-7,9-10H2,1-2H3. The highest BCUT2D eigenvalue weighted by Crippen LogP contribution is 2.26. The smallest absolute Gasteiger partial charge is 0.242 e. The predicted octanol–water partition coefficient (Wildman–Crippen LogP) is 2.33. The highest BCUT2D eigenvalue weighted by molar-refractivity contribution is 7.89. The molecule has 6 nitrogen and oxygen atoms in total. The lowest BCUT2D eigenvalue weighted by atomic mass is 10.1. The molecule has 1 aromatic carbocycles. The number of rotatable bonds is 4. The maximum Gasteiger partial charge on any atom is 0.242 e. The quantitative estimate of drug-likeness (QED) is 0.899. The number of hydrogen-bond donors (Lipinski definition) is 1. The Morgan fingerprint density at radius 1 is 1.29 bits per heavy atom. The minimum absolute atomic E-state index is 0.0952. The van der Waals surface area contributed by atoms with E-state index in [1.54, 1.807) is 31.3 Å². The van der Waals surface area contributed by atoms with Crippen LogP contribution in [0.25, 0.3) is 0 Å². The molecule has 8 heteroatoms. The van der Waals surface area contributed by atoms with Crippen LogP contribution in [0.4, 0.5) is 5.95 Å². The first-order valence-corrected chi connectivity index (χ1v) is 9.74. The fraction of sp³-hybridized carbons (Fsp3) is 0.438. The normalized spacial score (nSPS) is 16.5. The SMILES string of the molecule is Cc1cccc(Cl)c1S(=O)(=O)NC1CCN(c2nccn2C)CC1. The van der Waals surface area contributed by atoms with Gasteiger partial charge >= 0.3 is 0 Å². The summed E-state index contributed by atoms with van der Waals surface area (Å²) in [7, 11) is -1.67. The average Bonchev–Trinajstić information content (AvgIpc) is 2.93. The molecule has 1 aromatic heterocycles. The van der Waals surface area contributed by atoms with Crippen molar-refractivity contribution in [2.45, 2.75) is 30.7 Å². The second-order valence-corrected chi connectivity index (χ2v) is 8.16. The summed E-state index contributed by atoms with van der Waals surface area (Å²) >= 11 is 6.10. The van der Waals surface area contributed by atoms with Gasteiger partial charge in [-0.1, -0.05) is 23.7 Å². The van der Waals surface area contributed by atoms with Crippen LogP contribution in [0.1, 0.15) is 18.4 Å². The van der Waals surface area contributed by atoms with E-state index in [1.165, 1.54) is 0 Å². The lowest BCUT2D eigenvalue weighted by molar-refractivity contribution is 0.454. The molecule has 0 amide bonds. The second kappa shape index (κ2) is 6.74. The van der Waals surface area contributed by atoms with Gasteiger partial charge in [-0.15, -0.1) is 0 Å². The van der Waals surface area contributed by atoms with Gasteiger partial charge in [-0.3, -0.25) is 0 Å². The predicted molar refractivity (Wildman–Crippen MR) is 95.0 cm³/mol. The van der Waals surface area contributed by atoms with Crippen molar-refractivity contribution in [2.24, 2.45) is 7.05 Å². The lowest BCUT2D eigenvalue weighted by Gasteiger charge is -2.33. The molecule has 24 heavy (non-hydrogen) atoms. The number of nitrogens with one attached hydrogen (secondary N) is 1. The van der Waals surface area contributed by atoms with Gasteiger partial charge in [0, 0.05) is 38.6 Å². The lowest BCUT2D eigenvalue weighted by Crippen LogP contribution is -2.45. The largest absolute Gasteiger partial charge is 0.342 e. The van der Waals surface area contributed by atoms with Gasteiger partial charge in [-0.25, -0.2) is 18.1 Å². The van der Waals surface area contributed by atoms with Crippen molar-refractivity contribution in [1.29, 1.82) is 0 Å². The van der Waals surface area contributed by atoms with E-state index in [0.717, 1.165) is 31.9 Å². The minimum atomic E-state index is -3.62. The van der Waals surface area contributed by atoms with Gasteiger partial charge < -0.3 is 9.47 Å². The third-order valence-corrected chi connectivity index (χ3v) is 6.48. The van der Waals surface area contributed by atoms with Crippen molar-refractivity contribution < 1.29 is 8.42 Å². The van der Waals surface area contributed by atoms with Crippen LogP contribution in [0, 0.1) is 6.92 Å². The summed E-state index contributed by atoms with van der Waals surface area (Å²) in [5, 5.41) is 0.257. The number of aryl methyl sites for hydroxylation is 2. The Balaban J connectivity index is 1.69. The molecule has 2 aromatic rings. The van der Waals surface area contributed by atoms with Crippen molar-refractivity contribution in [1.82, 2.24) is 14.3 Å². The van der Waals surface area contributed by atoms with Gasteiger partial charge in [0.15, 0.2) is 0 Å². The number of benzene rings is 1. The molecule has 130 valence electrons. The molecule has 0 radical (unpaired) electrons. The first kappa shape index (κ1) is 17.3. The Morgan fingerprint density at radius 2 is 2.00 bits per heavy atom. The summed E-state index contributed by atoms with van der Waals surface area (Å²) in [5.41, 5.74) is 0.653. The van der Waals surface area contributed by atoms with E-state index in [4.69, 9.17) is 11.6 Å². The Morgan fingerprint density at radius 3 is 2.58 bits per heavy atom. The second-order valence-electron chi connectivity index (χ2n) is 6.11. The molecular weight excluding hydrogens is 348 g/mol. The van der Waals surface area contributed by atoms with Gasteiger partial charge in [0.1, 0.15) is 4.90 Å². The van der Waals surface area contributed by atoms with Gasteiger partial charge in [0.25, 0.3) is 0 Å². The zero-order chi connectivity index (χ0) is 17.3. The van der Waals surface area contributed by atoms with Crippen LogP contribution in [0.2, 0.25) is 5.02 Å². The molecule has 1 N–H and O–H groups in total. The minimum Gasteiger partial charge on any atom is -0.342 e. The number of aromatic nitrogens is 2. The monoisotopic (exact) mass is 368 g/mol. The van der Waals surface area contributed by atoms with E-state index >= 15 is 0 Å². The topological polar surface area (TPSA) is 67.2 Å². The molecule has 0 spiro atoms. The van der Waals surface area contributed by atoms with E-state index < -0.39 is 10.0 Å². The Hall–Kier alpha value is -1.57. The molecule has 3 rings (SSSR count). The molecule has 0 bridgehead atoms. The van der Waals surface area contributed by atoms with Crippen molar-refractivity contribution >= 4 is 27.6 Å². The van der Waals surface area contributed by atoms with Crippen LogP contribution in [0.5, 0.6) is 0 Å². The number of imidazole rings is 1. The summed E-state index contributed by atoms with van der Waals surface area (Å²) in [6.07, 6.45) is 5.14. The molecule has 0 saturated carbocycles. The van der Waals surface area contributed by atoms with Crippen LogP contribution in [-0.4, -0.2) is 37.1 Å². The molecule has 1 aliphatic heterocycles. The Bertz CT molecular complexity index is 806. The number of anilines is 1. The zero-order valence-corrected chi connectivity index (χ0v) is 15.3. The summed E-state index contributed by atoms with van der Waals surface area (Å²) in [4.78, 5) is 6.69. The number of hydrogen-bond acceptors (Lipinski definition) is 4.